The van der Waals surface area contributed by atoms with Crippen LogP contribution in [0.2, 0.25) is 0 Å². The Hall–Kier alpha value is -1.83. The molecule has 2 aliphatic carbocycles. The third kappa shape index (κ3) is 2.23. The van der Waals surface area contributed by atoms with E-state index in [0.717, 1.165) is 32.1 Å². The van der Waals surface area contributed by atoms with E-state index in [2.05, 4.69) is 18.2 Å². The number of benzene rings is 1. The molecule has 0 aliphatic heterocycles. The van der Waals surface area contributed by atoms with Crippen LogP contribution in [0.5, 0.6) is 0 Å². The number of fused-ring (bicyclic) bond motifs is 1. The first kappa shape index (κ1) is 12.2. The zero-order chi connectivity index (χ0) is 13.2. The number of rotatable bonds is 2. The van der Waals surface area contributed by atoms with Crippen LogP contribution in [0.25, 0.3) is 11.6 Å². The Morgan fingerprint density at radius 3 is 2.84 bits per heavy atom. The van der Waals surface area contributed by atoms with Crippen molar-refractivity contribution in [1.82, 2.24) is 0 Å². The third-order valence-electron chi connectivity index (χ3n) is 4.19. The lowest BCUT2D eigenvalue weighted by atomic mass is 9.78. The molecule has 2 heteroatoms. The summed E-state index contributed by atoms with van der Waals surface area (Å²) in [6, 6.07) is 8.36. The number of hydrogen-bond acceptors (Lipinski definition) is 1. The number of carboxylic acids is 1. The van der Waals surface area contributed by atoms with Crippen molar-refractivity contribution in [2.45, 2.75) is 32.1 Å². The lowest BCUT2D eigenvalue weighted by molar-refractivity contribution is -0.133. The van der Waals surface area contributed by atoms with Crippen LogP contribution in [0.15, 0.2) is 35.9 Å². The van der Waals surface area contributed by atoms with Crippen molar-refractivity contribution in [3.05, 3.63) is 46.4 Å². The highest BCUT2D eigenvalue weighted by Gasteiger charge is 2.27. The van der Waals surface area contributed by atoms with Crippen LogP contribution in [-0.2, 0) is 4.79 Å². The van der Waals surface area contributed by atoms with Crippen LogP contribution >= 0.6 is 0 Å². The lowest BCUT2D eigenvalue weighted by Gasteiger charge is -2.26. The maximum Gasteiger partial charge on any atom is 0.331 e. The van der Waals surface area contributed by atoms with Crippen molar-refractivity contribution in [2.24, 2.45) is 5.92 Å². The first-order chi connectivity index (χ1) is 9.27. The van der Waals surface area contributed by atoms with Crippen LogP contribution < -0.4 is 10.4 Å². The number of allylic oxidation sites excluding steroid dienone is 1. The van der Waals surface area contributed by atoms with E-state index in [9.17, 15) is 9.90 Å². The minimum Gasteiger partial charge on any atom is -0.478 e. The van der Waals surface area contributed by atoms with Gasteiger partial charge in [-0.3, -0.25) is 0 Å². The molecule has 2 nitrogen and oxygen atoms in total. The molecule has 0 spiro atoms. The summed E-state index contributed by atoms with van der Waals surface area (Å²) in [6.07, 6.45) is 9.16. The van der Waals surface area contributed by atoms with Gasteiger partial charge < -0.3 is 5.11 Å². The van der Waals surface area contributed by atoms with Gasteiger partial charge in [0.25, 0.3) is 0 Å². The molecule has 19 heavy (non-hydrogen) atoms. The van der Waals surface area contributed by atoms with Crippen molar-refractivity contribution in [1.29, 1.82) is 0 Å². The monoisotopic (exact) mass is 254 g/mol. The Bertz CT molecular complexity index is 652. The molecule has 0 fully saturated rings. The van der Waals surface area contributed by atoms with Gasteiger partial charge in [0, 0.05) is 11.5 Å². The Morgan fingerprint density at radius 2 is 2.00 bits per heavy atom. The van der Waals surface area contributed by atoms with E-state index in [4.69, 9.17) is 0 Å². The quantitative estimate of drug-likeness (QED) is 0.878. The highest BCUT2D eigenvalue weighted by molar-refractivity contribution is 5.90. The van der Waals surface area contributed by atoms with Gasteiger partial charge in [-0.15, -0.1) is 0 Å². The maximum atomic E-state index is 11.4. The first-order valence-electron chi connectivity index (χ1n) is 6.99. The van der Waals surface area contributed by atoms with Gasteiger partial charge in [0.05, 0.1) is 0 Å². The standard InChI is InChI=1S/C17H18O2/c18-17(19)16-10-4-3-9-15(16)14-11-5-7-12-6-1-2-8-13(12)14/h1-2,6-8,10,15H,3-5,9,11H2,(H,18,19). The second-order valence-corrected chi connectivity index (χ2v) is 5.30. The van der Waals surface area contributed by atoms with Crippen molar-refractivity contribution in [3.63, 3.8) is 0 Å². The van der Waals surface area contributed by atoms with Gasteiger partial charge in [0.1, 0.15) is 0 Å². The molecule has 1 aromatic carbocycles. The van der Waals surface area contributed by atoms with Gasteiger partial charge in [-0.2, -0.15) is 0 Å². The average Bonchev–Trinajstić information content (AvgIpc) is 2.46. The van der Waals surface area contributed by atoms with Gasteiger partial charge >= 0.3 is 5.97 Å². The summed E-state index contributed by atoms with van der Waals surface area (Å²) < 4.78 is 0. The van der Waals surface area contributed by atoms with E-state index in [1.807, 2.05) is 18.2 Å². The van der Waals surface area contributed by atoms with Crippen molar-refractivity contribution >= 4 is 17.6 Å². The zero-order valence-electron chi connectivity index (χ0n) is 10.9. The molecule has 1 aromatic rings. The van der Waals surface area contributed by atoms with Crippen LogP contribution in [0.4, 0.5) is 0 Å². The van der Waals surface area contributed by atoms with E-state index in [1.54, 1.807) is 0 Å². The molecule has 1 N–H and O–H groups in total. The molecule has 0 amide bonds. The summed E-state index contributed by atoms with van der Waals surface area (Å²) in [5.74, 6) is -0.634. The zero-order valence-corrected chi connectivity index (χ0v) is 10.9. The molecule has 0 radical (unpaired) electrons. The largest absolute Gasteiger partial charge is 0.478 e. The summed E-state index contributed by atoms with van der Waals surface area (Å²) in [5.41, 5.74) is 1.93. The predicted molar refractivity (Wildman–Crippen MR) is 75.9 cm³/mol. The van der Waals surface area contributed by atoms with E-state index in [-0.39, 0.29) is 5.92 Å². The van der Waals surface area contributed by atoms with E-state index < -0.39 is 5.97 Å². The molecular weight excluding hydrogens is 236 g/mol. The molecule has 0 saturated heterocycles. The Morgan fingerprint density at radius 1 is 1.16 bits per heavy atom. The maximum absolute atomic E-state index is 11.4. The minimum atomic E-state index is -0.746. The van der Waals surface area contributed by atoms with Crippen molar-refractivity contribution in [3.8, 4) is 0 Å². The van der Waals surface area contributed by atoms with E-state index in [0.29, 0.717) is 5.57 Å². The number of carboxylic acid groups (broad SMARTS) is 1. The van der Waals surface area contributed by atoms with Gasteiger partial charge in [0.2, 0.25) is 0 Å². The van der Waals surface area contributed by atoms with Gasteiger partial charge in [0.15, 0.2) is 0 Å². The summed E-state index contributed by atoms with van der Waals surface area (Å²) in [6.45, 7) is 0. The highest BCUT2D eigenvalue weighted by Crippen LogP contribution is 2.34. The van der Waals surface area contributed by atoms with Crippen LogP contribution in [0.1, 0.15) is 32.1 Å². The summed E-state index contributed by atoms with van der Waals surface area (Å²) in [4.78, 5) is 11.4. The average molecular weight is 254 g/mol. The van der Waals surface area contributed by atoms with Crippen molar-refractivity contribution < 1.29 is 9.90 Å². The molecule has 98 valence electrons. The molecule has 3 rings (SSSR count). The molecule has 0 bridgehead atoms. The van der Waals surface area contributed by atoms with Crippen LogP contribution in [0, 0.1) is 5.92 Å². The molecule has 0 aromatic heterocycles. The SMILES string of the molecule is O=C(O)C1=CCCCC1C1=c2ccccc2=CCC1. The number of aliphatic carboxylic acids is 1. The Kier molecular flexibility index (Phi) is 3.24. The highest BCUT2D eigenvalue weighted by atomic mass is 16.4. The fourth-order valence-electron chi connectivity index (χ4n) is 3.32. The fraction of sp³-hybridized carbons (Fsp3) is 0.353. The number of carbonyl (C=O) groups is 1. The Balaban J connectivity index is 2.17. The molecular formula is C17H18O2. The van der Waals surface area contributed by atoms with Crippen LogP contribution in [-0.4, -0.2) is 11.1 Å². The second kappa shape index (κ2) is 5.04. The first-order valence-corrected chi connectivity index (χ1v) is 6.99. The normalized spacial score (nSPS) is 22.2. The molecule has 2 aliphatic rings. The summed E-state index contributed by atoms with van der Waals surface area (Å²) in [7, 11) is 0. The molecule has 0 heterocycles. The minimum absolute atomic E-state index is 0.112. The summed E-state index contributed by atoms with van der Waals surface area (Å²) >= 11 is 0. The van der Waals surface area contributed by atoms with Crippen molar-refractivity contribution in [2.75, 3.05) is 0 Å². The van der Waals surface area contributed by atoms with E-state index >= 15 is 0 Å². The van der Waals surface area contributed by atoms with E-state index in [1.165, 1.54) is 16.0 Å². The van der Waals surface area contributed by atoms with Gasteiger partial charge in [-0.05, 0) is 42.5 Å². The Labute approximate surface area is 112 Å². The van der Waals surface area contributed by atoms with Crippen LogP contribution in [0.3, 0.4) is 0 Å². The van der Waals surface area contributed by atoms with Gasteiger partial charge in [-0.25, -0.2) is 4.79 Å². The second-order valence-electron chi connectivity index (χ2n) is 5.30. The molecule has 1 atom stereocenters. The smallest absolute Gasteiger partial charge is 0.331 e. The predicted octanol–water partition coefficient (Wildman–Crippen LogP) is 2.22. The van der Waals surface area contributed by atoms with Gasteiger partial charge in [-0.1, -0.05) is 42.0 Å². The molecule has 1 unspecified atom stereocenters. The molecule has 0 saturated carbocycles. The fourth-order valence-corrected chi connectivity index (χ4v) is 3.32. The topological polar surface area (TPSA) is 37.3 Å². The lowest BCUT2D eigenvalue weighted by Crippen LogP contribution is -2.33. The third-order valence-corrected chi connectivity index (χ3v) is 4.19. The number of hydrogen-bond donors (Lipinski definition) is 1. The summed E-state index contributed by atoms with van der Waals surface area (Å²) in [5, 5.41) is 11.9.